The van der Waals surface area contributed by atoms with Crippen molar-refractivity contribution in [2.45, 2.75) is 18.7 Å². The molecule has 0 saturated carbocycles. The molecular weight excluding hydrogens is 216 g/mol. The maximum Gasteiger partial charge on any atom is 0.255 e. The maximum atomic E-state index is 11.6. The molecule has 0 spiro atoms. The summed E-state index contributed by atoms with van der Waals surface area (Å²) in [6.45, 7) is 4.01. The average Bonchev–Trinajstić information content (AvgIpc) is 2.18. The fraction of sp³-hybridized carbons (Fsp3) is 0.333. The predicted octanol–water partition coefficient (Wildman–Crippen LogP) is 0.729. The predicted molar refractivity (Wildman–Crippen MR) is 56.3 cm³/mol. The zero-order chi connectivity index (χ0) is 11.3. The molecule has 0 unspecified atom stereocenters. The Bertz CT molecular complexity index is 400. The van der Waals surface area contributed by atoms with Gasteiger partial charge in [0.1, 0.15) is 0 Å². The number of sulfonamides is 1. The van der Waals surface area contributed by atoms with E-state index in [1.807, 2.05) is 6.92 Å². The normalized spacial score (nSPS) is 11.6. The Morgan fingerprint density at radius 2 is 1.87 bits per heavy atom. The van der Waals surface area contributed by atoms with Crippen molar-refractivity contribution >= 4 is 10.0 Å². The monoisotopic (exact) mass is 230 g/mol. The van der Waals surface area contributed by atoms with Gasteiger partial charge < -0.3 is 0 Å². The molecule has 2 N–H and O–H groups in total. The van der Waals surface area contributed by atoms with Crippen LogP contribution in [0.15, 0.2) is 29.2 Å². The van der Waals surface area contributed by atoms with E-state index in [1.54, 1.807) is 19.1 Å². The van der Waals surface area contributed by atoms with Crippen molar-refractivity contribution in [1.82, 2.24) is 10.4 Å². The summed E-state index contributed by atoms with van der Waals surface area (Å²) in [7, 11) is -3.54. The molecule has 0 saturated heterocycles. The van der Waals surface area contributed by atoms with Gasteiger partial charge in [-0.1, -0.05) is 17.7 Å². The minimum atomic E-state index is -3.54. The van der Waals surface area contributed by atoms with Crippen LogP contribution >= 0.6 is 0 Å². The standard InChI is InChI=1S/C9H14N2O3S/c1-3-14-10-11-15(12,13)9-6-4-8(2)5-7-9/h4-7,10-11H,3H2,1-2H3. The van der Waals surface area contributed by atoms with Gasteiger partial charge in [0.15, 0.2) is 0 Å². The van der Waals surface area contributed by atoms with Gasteiger partial charge in [-0.15, -0.1) is 10.4 Å². The van der Waals surface area contributed by atoms with Crippen LogP contribution in [0, 0.1) is 6.92 Å². The van der Waals surface area contributed by atoms with Gasteiger partial charge in [-0.3, -0.25) is 4.84 Å². The van der Waals surface area contributed by atoms with Crippen LogP contribution < -0.4 is 10.4 Å². The molecule has 0 fully saturated rings. The number of nitrogens with one attached hydrogen (secondary N) is 2. The van der Waals surface area contributed by atoms with Gasteiger partial charge in [0.25, 0.3) is 10.0 Å². The van der Waals surface area contributed by atoms with Crippen LogP contribution in [0.4, 0.5) is 0 Å². The van der Waals surface area contributed by atoms with E-state index in [0.29, 0.717) is 6.61 Å². The summed E-state index contributed by atoms with van der Waals surface area (Å²) in [4.78, 5) is 6.96. The molecule has 0 amide bonds. The maximum absolute atomic E-state index is 11.6. The minimum Gasteiger partial charge on any atom is -0.286 e. The summed E-state index contributed by atoms with van der Waals surface area (Å²) in [5.41, 5.74) is 3.16. The summed E-state index contributed by atoms with van der Waals surface area (Å²) < 4.78 is 23.1. The molecule has 15 heavy (non-hydrogen) atoms. The van der Waals surface area contributed by atoms with Crippen LogP contribution in [0.25, 0.3) is 0 Å². The average molecular weight is 230 g/mol. The van der Waals surface area contributed by atoms with Crippen molar-refractivity contribution in [1.29, 1.82) is 0 Å². The highest BCUT2D eigenvalue weighted by Gasteiger charge is 2.12. The van der Waals surface area contributed by atoms with Crippen LogP contribution in [0.3, 0.4) is 0 Å². The Hall–Kier alpha value is -0.950. The molecule has 1 rings (SSSR count). The SMILES string of the molecule is CCONNS(=O)(=O)c1ccc(C)cc1. The first kappa shape index (κ1) is 12.1. The molecule has 5 nitrogen and oxygen atoms in total. The highest BCUT2D eigenvalue weighted by atomic mass is 32.2. The Balaban J connectivity index is 2.73. The van der Waals surface area contributed by atoms with Crippen LogP contribution in [-0.4, -0.2) is 15.0 Å². The number of hydrogen-bond donors (Lipinski definition) is 2. The molecule has 0 aliphatic carbocycles. The van der Waals surface area contributed by atoms with Crippen molar-refractivity contribution in [2.24, 2.45) is 0 Å². The first-order valence-electron chi connectivity index (χ1n) is 4.51. The van der Waals surface area contributed by atoms with Crippen LogP contribution in [0.2, 0.25) is 0 Å². The second kappa shape index (κ2) is 5.22. The van der Waals surface area contributed by atoms with Gasteiger partial charge >= 0.3 is 0 Å². The lowest BCUT2D eigenvalue weighted by atomic mass is 10.2. The Morgan fingerprint density at radius 3 is 2.40 bits per heavy atom. The second-order valence-corrected chi connectivity index (χ2v) is 4.64. The fourth-order valence-electron chi connectivity index (χ4n) is 0.933. The summed E-state index contributed by atoms with van der Waals surface area (Å²) in [6.07, 6.45) is 0. The van der Waals surface area contributed by atoms with Gasteiger partial charge in [0, 0.05) is 0 Å². The molecule has 84 valence electrons. The topological polar surface area (TPSA) is 67.4 Å². The summed E-state index contributed by atoms with van der Waals surface area (Å²) in [5, 5.41) is 0. The van der Waals surface area contributed by atoms with Gasteiger partial charge in [0.2, 0.25) is 0 Å². The molecule has 1 aromatic rings. The lowest BCUT2D eigenvalue weighted by molar-refractivity contribution is 0.0375. The van der Waals surface area contributed by atoms with E-state index in [9.17, 15) is 8.42 Å². The molecule has 0 aliphatic rings. The van der Waals surface area contributed by atoms with Crippen LogP contribution in [0.5, 0.6) is 0 Å². The molecule has 0 atom stereocenters. The van der Waals surface area contributed by atoms with E-state index < -0.39 is 10.0 Å². The molecule has 0 bridgehead atoms. The zero-order valence-corrected chi connectivity index (χ0v) is 9.47. The highest BCUT2D eigenvalue weighted by Crippen LogP contribution is 2.08. The van der Waals surface area contributed by atoms with E-state index in [-0.39, 0.29) is 4.90 Å². The van der Waals surface area contributed by atoms with Gasteiger partial charge in [-0.25, -0.2) is 8.42 Å². The lowest BCUT2D eigenvalue weighted by Gasteiger charge is -2.07. The lowest BCUT2D eigenvalue weighted by Crippen LogP contribution is -2.37. The Kier molecular flexibility index (Phi) is 4.22. The summed E-state index contributed by atoms with van der Waals surface area (Å²) in [6, 6.07) is 6.53. The number of benzene rings is 1. The molecular formula is C9H14N2O3S. The van der Waals surface area contributed by atoms with E-state index in [4.69, 9.17) is 0 Å². The van der Waals surface area contributed by atoms with Crippen molar-refractivity contribution in [3.63, 3.8) is 0 Å². The van der Waals surface area contributed by atoms with Crippen molar-refractivity contribution < 1.29 is 13.3 Å². The molecule has 1 aromatic carbocycles. The molecule has 0 aliphatic heterocycles. The van der Waals surface area contributed by atoms with Gasteiger partial charge in [-0.05, 0) is 26.0 Å². The highest BCUT2D eigenvalue weighted by molar-refractivity contribution is 7.89. The molecule has 6 heteroatoms. The van der Waals surface area contributed by atoms with Crippen molar-refractivity contribution in [3.8, 4) is 0 Å². The minimum absolute atomic E-state index is 0.195. The second-order valence-electron chi connectivity index (χ2n) is 2.95. The largest absolute Gasteiger partial charge is 0.286 e. The van der Waals surface area contributed by atoms with Crippen molar-refractivity contribution in [2.75, 3.05) is 6.61 Å². The first-order valence-corrected chi connectivity index (χ1v) is 6.00. The van der Waals surface area contributed by atoms with Crippen LogP contribution in [-0.2, 0) is 14.9 Å². The summed E-state index contributed by atoms with van der Waals surface area (Å²) in [5.74, 6) is 0. The first-order chi connectivity index (χ1) is 7.06. The van der Waals surface area contributed by atoms with E-state index in [0.717, 1.165) is 5.56 Å². The smallest absolute Gasteiger partial charge is 0.255 e. The van der Waals surface area contributed by atoms with Gasteiger partial charge in [0.05, 0.1) is 11.5 Å². The summed E-state index contributed by atoms with van der Waals surface area (Å²) >= 11 is 0. The number of rotatable bonds is 5. The number of hydrogen-bond acceptors (Lipinski definition) is 4. The third-order valence-electron chi connectivity index (χ3n) is 1.72. The fourth-order valence-corrected chi connectivity index (χ4v) is 1.71. The van der Waals surface area contributed by atoms with Crippen LogP contribution in [0.1, 0.15) is 12.5 Å². The number of hydrazine groups is 1. The Labute approximate surface area is 89.4 Å². The third kappa shape index (κ3) is 3.60. The molecule has 0 aromatic heterocycles. The molecule has 0 heterocycles. The van der Waals surface area contributed by atoms with E-state index in [2.05, 4.69) is 15.3 Å². The number of aryl methyl sites for hydroxylation is 1. The quantitative estimate of drug-likeness (QED) is 0.578. The Morgan fingerprint density at radius 1 is 1.27 bits per heavy atom. The van der Waals surface area contributed by atoms with E-state index in [1.165, 1.54) is 12.1 Å². The third-order valence-corrected chi connectivity index (χ3v) is 2.97. The van der Waals surface area contributed by atoms with Gasteiger partial charge in [-0.2, -0.15) is 0 Å². The van der Waals surface area contributed by atoms with Crippen molar-refractivity contribution in [3.05, 3.63) is 29.8 Å². The van der Waals surface area contributed by atoms with E-state index >= 15 is 0 Å². The molecule has 0 radical (unpaired) electrons. The zero-order valence-electron chi connectivity index (χ0n) is 8.65.